The first-order valence-corrected chi connectivity index (χ1v) is 12.9. The highest BCUT2D eigenvalue weighted by atomic mass is 16.5. The first kappa shape index (κ1) is 23.2. The highest BCUT2D eigenvalue weighted by molar-refractivity contribution is 6.20. The number of aliphatic hydroxyl groups is 1. The Hall–Kier alpha value is -3.18. The summed E-state index contributed by atoms with van der Waals surface area (Å²) >= 11 is 0. The summed E-state index contributed by atoms with van der Waals surface area (Å²) in [5, 5.41) is 19.8. The van der Waals surface area contributed by atoms with Crippen LogP contribution in [0.25, 0.3) is 10.9 Å². The van der Waals surface area contributed by atoms with Crippen LogP contribution in [-0.4, -0.2) is 72.8 Å². The summed E-state index contributed by atoms with van der Waals surface area (Å²) in [7, 11) is 0. The fraction of sp³-hybridized carbons (Fsp3) is 0.448. The Bertz CT molecular complexity index is 1390. The van der Waals surface area contributed by atoms with Crippen LogP contribution in [0.4, 0.5) is 5.69 Å². The first-order chi connectivity index (χ1) is 17.4. The van der Waals surface area contributed by atoms with Crippen LogP contribution in [0, 0.1) is 11.3 Å². The van der Waals surface area contributed by atoms with E-state index in [0.29, 0.717) is 23.6 Å². The standard InChI is InChI=1S/C29H32N4O3/c1-29(2)23-14-25(33-9-7-32(8-10-33)20-16-36-17-20)19(4-3-11-34)13-22(23)27(35)26-21-6-5-18(15-30)12-24(21)31-28(26)29/h5-6,12-14,20,31,34H,3-4,7-11,16-17H2,1-2H3. The zero-order valence-corrected chi connectivity index (χ0v) is 20.9. The maximum atomic E-state index is 13.9. The number of aryl methyl sites for hydroxylation is 1. The molecular weight excluding hydrogens is 452 g/mol. The van der Waals surface area contributed by atoms with E-state index in [9.17, 15) is 15.2 Å². The van der Waals surface area contributed by atoms with E-state index < -0.39 is 5.41 Å². The number of nitrogens with one attached hydrogen (secondary N) is 1. The van der Waals surface area contributed by atoms with E-state index in [1.54, 1.807) is 6.07 Å². The average Bonchev–Trinajstić information content (AvgIpc) is 3.25. The molecule has 6 rings (SSSR count). The lowest BCUT2D eigenvalue weighted by molar-refractivity contribution is -0.0660. The number of carbonyl (C=O) groups excluding carboxylic acids is 1. The summed E-state index contributed by atoms with van der Waals surface area (Å²) in [6, 6.07) is 12.5. The van der Waals surface area contributed by atoms with Gasteiger partial charge in [-0.1, -0.05) is 19.9 Å². The average molecular weight is 485 g/mol. The maximum Gasteiger partial charge on any atom is 0.195 e. The van der Waals surface area contributed by atoms with Gasteiger partial charge < -0.3 is 19.7 Å². The number of hydrogen-bond donors (Lipinski definition) is 2. The third-order valence-electron chi connectivity index (χ3n) is 8.31. The van der Waals surface area contributed by atoms with E-state index in [4.69, 9.17) is 4.74 Å². The molecule has 0 bridgehead atoms. The van der Waals surface area contributed by atoms with Crippen molar-refractivity contribution >= 4 is 22.4 Å². The second kappa shape index (κ2) is 8.74. The molecule has 1 aliphatic carbocycles. The number of aromatic nitrogens is 1. The first-order valence-electron chi connectivity index (χ1n) is 12.9. The van der Waals surface area contributed by atoms with E-state index in [2.05, 4.69) is 46.8 Å². The highest BCUT2D eigenvalue weighted by Gasteiger charge is 2.41. The molecule has 7 nitrogen and oxygen atoms in total. The van der Waals surface area contributed by atoms with Gasteiger partial charge in [0.1, 0.15) is 0 Å². The van der Waals surface area contributed by atoms with Crippen LogP contribution in [0.2, 0.25) is 0 Å². The van der Waals surface area contributed by atoms with Crippen molar-refractivity contribution in [2.24, 2.45) is 0 Å². The third kappa shape index (κ3) is 3.55. The van der Waals surface area contributed by atoms with Gasteiger partial charge in [-0.3, -0.25) is 9.69 Å². The number of hydrogen-bond acceptors (Lipinski definition) is 6. The van der Waals surface area contributed by atoms with Crippen LogP contribution in [0.1, 0.15) is 58.6 Å². The Balaban J connectivity index is 1.43. The van der Waals surface area contributed by atoms with Crippen molar-refractivity contribution in [3.8, 4) is 6.07 Å². The molecular formula is C29H32N4O3. The Labute approximate surface area is 211 Å². The fourth-order valence-electron chi connectivity index (χ4n) is 6.11. The molecule has 0 saturated carbocycles. The summed E-state index contributed by atoms with van der Waals surface area (Å²) in [4.78, 5) is 22.4. The number of H-pyrrole nitrogens is 1. The van der Waals surface area contributed by atoms with Gasteiger partial charge in [0.15, 0.2) is 5.78 Å². The van der Waals surface area contributed by atoms with Gasteiger partial charge in [0, 0.05) is 66.0 Å². The molecule has 186 valence electrons. The lowest BCUT2D eigenvalue weighted by atomic mass is 9.70. The quantitative estimate of drug-likeness (QED) is 0.577. The van der Waals surface area contributed by atoms with Gasteiger partial charge in [-0.2, -0.15) is 5.26 Å². The summed E-state index contributed by atoms with van der Waals surface area (Å²) in [6.45, 7) is 10.0. The highest BCUT2D eigenvalue weighted by Crippen LogP contribution is 2.46. The number of nitriles is 1. The third-order valence-corrected chi connectivity index (χ3v) is 8.31. The number of anilines is 1. The minimum absolute atomic E-state index is 0.0295. The second-order valence-corrected chi connectivity index (χ2v) is 10.8. The smallest absolute Gasteiger partial charge is 0.195 e. The van der Waals surface area contributed by atoms with Gasteiger partial charge in [-0.15, -0.1) is 0 Å². The molecule has 7 heteroatoms. The number of carbonyl (C=O) groups is 1. The van der Waals surface area contributed by atoms with E-state index in [1.807, 2.05) is 12.1 Å². The number of ketones is 1. The summed E-state index contributed by atoms with van der Waals surface area (Å²) in [6.07, 6.45) is 1.40. The number of ether oxygens (including phenoxy) is 1. The summed E-state index contributed by atoms with van der Waals surface area (Å²) in [5.41, 5.74) is 6.71. The van der Waals surface area contributed by atoms with E-state index >= 15 is 0 Å². The summed E-state index contributed by atoms with van der Waals surface area (Å²) in [5.74, 6) is 0.0295. The molecule has 3 aromatic rings. The molecule has 2 fully saturated rings. The second-order valence-electron chi connectivity index (χ2n) is 10.8. The van der Waals surface area contributed by atoms with Crippen molar-refractivity contribution < 1.29 is 14.6 Å². The van der Waals surface area contributed by atoms with Gasteiger partial charge in [-0.05, 0) is 48.2 Å². The van der Waals surface area contributed by atoms with Gasteiger partial charge in [0.05, 0.1) is 36.5 Å². The minimum Gasteiger partial charge on any atom is -0.396 e. The van der Waals surface area contributed by atoms with Crippen molar-refractivity contribution in [3.05, 3.63) is 63.8 Å². The lowest BCUT2D eigenvalue weighted by Gasteiger charge is -2.44. The molecule has 0 radical (unpaired) electrons. The molecule has 2 aliphatic heterocycles. The molecule has 3 aliphatic rings. The molecule has 0 unspecified atom stereocenters. The zero-order chi connectivity index (χ0) is 25.0. The van der Waals surface area contributed by atoms with Gasteiger partial charge in [0.2, 0.25) is 0 Å². The van der Waals surface area contributed by atoms with Gasteiger partial charge >= 0.3 is 0 Å². The van der Waals surface area contributed by atoms with Crippen LogP contribution in [0.3, 0.4) is 0 Å². The molecule has 2 saturated heterocycles. The topological polar surface area (TPSA) is 92.6 Å². The molecule has 36 heavy (non-hydrogen) atoms. The number of fused-ring (bicyclic) bond motifs is 4. The van der Waals surface area contributed by atoms with Crippen LogP contribution < -0.4 is 4.90 Å². The maximum absolute atomic E-state index is 13.9. The Morgan fingerprint density at radius 2 is 1.94 bits per heavy atom. The molecule has 3 heterocycles. The SMILES string of the molecule is CC1(C)c2cc(N3CCN(C4COC4)CC3)c(CCCO)cc2C(=O)c2c1[nH]c1cc(C#N)ccc21. The van der Waals surface area contributed by atoms with Crippen molar-refractivity contribution in [3.63, 3.8) is 0 Å². The molecule has 0 spiro atoms. The number of nitrogens with zero attached hydrogens (tertiary/aromatic N) is 3. The predicted octanol–water partition coefficient (Wildman–Crippen LogP) is 3.36. The summed E-state index contributed by atoms with van der Waals surface area (Å²) < 4.78 is 5.39. The largest absolute Gasteiger partial charge is 0.396 e. The molecule has 0 atom stereocenters. The lowest BCUT2D eigenvalue weighted by Crippen LogP contribution is -2.56. The zero-order valence-electron chi connectivity index (χ0n) is 20.9. The number of benzene rings is 2. The van der Waals surface area contributed by atoms with Crippen molar-refractivity contribution in [1.29, 1.82) is 5.26 Å². The Morgan fingerprint density at radius 1 is 1.17 bits per heavy atom. The Morgan fingerprint density at radius 3 is 2.61 bits per heavy atom. The van der Waals surface area contributed by atoms with Crippen molar-refractivity contribution in [2.75, 3.05) is 50.9 Å². The monoisotopic (exact) mass is 484 g/mol. The number of aromatic amines is 1. The fourth-order valence-corrected chi connectivity index (χ4v) is 6.11. The predicted molar refractivity (Wildman–Crippen MR) is 139 cm³/mol. The molecule has 2 aromatic carbocycles. The van der Waals surface area contributed by atoms with Crippen LogP contribution in [0.15, 0.2) is 30.3 Å². The molecule has 0 amide bonds. The molecule has 1 aromatic heterocycles. The van der Waals surface area contributed by atoms with E-state index in [-0.39, 0.29) is 12.4 Å². The van der Waals surface area contributed by atoms with E-state index in [1.165, 1.54) is 5.69 Å². The molecule has 2 N–H and O–H groups in total. The minimum atomic E-state index is -0.403. The number of piperazine rings is 1. The van der Waals surface area contributed by atoms with Crippen molar-refractivity contribution in [1.82, 2.24) is 9.88 Å². The normalized spacial score (nSPS) is 19.6. The van der Waals surface area contributed by atoms with Crippen molar-refractivity contribution in [2.45, 2.75) is 38.1 Å². The van der Waals surface area contributed by atoms with Gasteiger partial charge in [-0.25, -0.2) is 0 Å². The Kier molecular flexibility index (Phi) is 5.64. The van der Waals surface area contributed by atoms with Gasteiger partial charge in [0.25, 0.3) is 0 Å². The number of aliphatic hydroxyl groups excluding tert-OH is 1. The van der Waals surface area contributed by atoms with Crippen LogP contribution >= 0.6 is 0 Å². The number of rotatable bonds is 5. The van der Waals surface area contributed by atoms with Crippen LogP contribution in [0.5, 0.6) is 0 Å². The van der Waals surface area contributed by atoms with E-state index in [0.717, 1.165) is 79.1 Å². The van der Waals surface area contributed by atoms with Crippen LogP contribution in [-0.2, 0) is 16.6 Å².